The number of halogens is 1. The quantitative estimate of drug-likeness (QED) is 0.324. The lowest BCUT2D eigenvalue weighted by molar-refractivity contribution is -0.882. The van der Waals surface area contributed by atoms with E-state index in [1.807, 2.05) is 0 Å². The van der Waals surface area contributed by atoms with E-state index >= 15 is 0 Å². The Morgan fingerprint density at radius 3 is 2.06 bits per heavy atom. The van der Waals surface area contributed by atoms with Crippen LogP contribution in [0.2, 0.25) is 0 Å². The van der Waals surface area contributed by atoms with Crippen molar-refractivity contribution in [3.8, 4) is 0 Å². The predicted molar refractivity (Wildman–Crippen MR) is 70.0 cm³/mol. The van der Waals surface area contributed by atoms with Crippen molar-refractivity contribution in [3.05, 3.63) is 12.2 Å². The van der Waals surface area contributed by atoms with Gasteiger partial charge in [-0.2, -0.15) is 0 Å². The third kappa shape index (κ3) is 12.1. The van der Waals surface area contributed by atoms with Crippen LogP contribution in [0, 0.1) is 0 Å². The minimum atomic E-state index is 0. The van der Waals surface area contributed by atoms with Crippen molar-refractivity contribution >= 4 is 0 Å². The highest BCUT2D eigenvalue weighted by molar-refractivity contribution is 4.81. The fraction of sp³-hybridized carbons (Fsp3) is 0.857. The van der Waals surface area contributed by atoms with Gasteiger partial charge in [0.2, 0.25) is 0 Å². The summed E-state index contributed by atoms with van der Waals surface area (Å²) in [5.74, 6) is 0. The fourth-order valence-electron chi connectivity index (χ4n) is 1.47. The van der Waals surface area contributed by atoms with Gasteiger partial charge in [-0.1, -0.05) is 38.7 Å². The topological polar surface area (TPSA) is 0 Å². The first kappa shape index (κ1) is 18.4. The average Bonchev–Trinajstić information content (AvgIpc) is 2.22. The summed E-state index contributed by atoms with van der Waals surface area (Å²) in [5, 5.41) is 0. The average molecular weight is 248 g/mol. The molecule has 0 N–H and O–H groups in total. The number of hydrogen-bond acceptors (Lipinski definition) is 0. The van der Waals surface area contributed by atoms with Crippen molar-refractivity contribution in [2.24, 2.45) is 0 Å². The van der Waals surface area contributed by atoms with Gasteiger partial charge in [-0.15, -0.1) is 0 Å². The van der Waals surface area contributed by atoms with Crippen LogP contribution >= 0.6 is 0 Å². The maximum atomic E-state index is 2.36. The molecule has 0 saturated carbocycles. The summed E-state index contributed by atoms with van der Waals surface area (Å²) in [6.07, 6.45) is 12.9. The van der Waals surface area contributed by atoms with E-state index in [2.05, 4.69) is 40.1 Å². The highest BCUT2D eigenvalue weighted by Gasteiger charge is 2.07. The van der Waals surface area contributed by atoms with Crippen molar-refractivity contribution < 1.29 is 16.9 Å². The molecule has 0 amide bonds. The van der Waals surface area contributed by atoms with E-state index in [1.165, 1.54) is 51.6 Å². The first-order valence-corrected chi connectivity index (χ1v) is 6.59. The molecular formula is C14H30ClN. The van der Waals surface area contributed by atoms with Gasteiger partial charge in [0, 0.05) is 0 Å². The number of hydrogen-bond donors (Lipinski definition) is 0. The minimum absolute atomic E-state index is 0. The monoisotopic (exact) mass is 247 g/mol. The van der Waals surface area contributed by atoms with E-state index in [0.29, 0.717) is 0 Å². The molecule has 0 aliphatic heterocycles. The number of rotatable bonds is 9. The van der Waals surface area contributed by atoms with Crippen LogP contribution in [-0.2, 0) is 0 Å². The summed E-state index contributed by atoms with van der Waals surface area (Å²) in [6.45, 7) is 6.90. The molecule has 0 saturated heterocycles. The molecule has 0 atom stereocenters. The van der Waals surface area contributed by atoms with Gasteiger partial charge in [-0.05, 0) is 25.8 Å². The Hall–Kier alpha value is -0.0100. The summed E-state index contributed by atoms with van der Waals surface area (Å²) in [4.78, 5) is 0. The Morgan fingerprint density at radius 1 is 0.875 bits per heavy atom. The number of unbranched alkanes of at least 4 members (excludes halogenated alkanes) is 5. The SMILES string of the molecule is CCCCCCCC=CC[N+](C)(C)CC.[Cl-]. The van der Waals surface area contributed by atoms with Gasteiger partial charge >= 0.3 is 0 Å². The van der Waals surface area contributed by atoms with Gasteiger partial charge in [0.1, 0.15) is 0 Å². The maximum absolute atomic E-state index is 2.36. The minimum Gasteiger partial charge on any atom is -1.00 e. The van der Waals surface area contributed by atoms with Crippen LogP contribution in [0.15, 0.2) is 12.2 Å². The Bertz CT molecular complexity index is 164. The molecule has 0 unspecified atom stereocenters. The molecule has 0 spiro atoms. The Labute approximate surface area is 109 Å². The van der Waals surface area contributed by atoms with Crippen molar-refractivity contribution in [1.29, 1.82) is 0 Å². The molecule has 0 bridgehead atoms. The van der Waals surface area contributed by atoms with Crippen LogP contribution < -0.4 is 12.4 Å². The molecular weight excluding hydrogens is 218 g/mol. The molecule has 0 aliphatic rings. The molecule has 98 valence electrons. The second kappa shape index (κ2) is 11.5. The fourth-order valence-corrected chi connectivity index (χ4v) is 1.47. The van der Waals surface area contributed by atoms with E-state index in [9.17, 15) is 0 Å². The molecule has 0 aliphatic carbocycles. The van der Waals surface area contributed by atoms with Gasteiger partial charge < -0.3 is 16.9 Å². The second-order valence-corrected chi connectivity index (χ2v) is 5.11. The van der Waals surface area contributed by atoms with E-state index < -0.39 is 0 Å². The van der Waals surface area contributed by atoms with Gasteiger partial charge in [0.05, 0.1) is 27.2 Å². The summed E-state index contributed by atoms with van der Waals surface area (Å²) in [6, 6.07) is 0. The first-order valence-electron chi connectivity index (χ1n) is 6.59. The molecule has 0 rings (SSSR count). The number of allylic oxidation sites excluding steroid dienone is 1. The molecule has 0 aromatic rings. The second-order valence-electron chi connectivity index (χ2n) is 5.11. The van der Waals surface area contributed by atoms with Crippen molar-refractivity contribution in [1.82, 2.24) is 0 Å². The summed E-state index contributed by atoms with van der Waals surface area (Å²) in [5.41, 5.74) is 0. The Balaban J connectivity index is 0. The molecule has 0 aromatic carbocycles. The molecule has 1 nitrogen and oxygen atoms in total. The largest absolute Gasteiger partial charge is 1.00 e. The highest BCUT2D eigenvalue weighted by atomic mass is 35.5. The summed E-state index contributed by atoms with van der Waals surface area (Å²) >= 11 is 0. The van der Waals surface area contributed by atoms with Gasteiger partial charge in [-0.25, -0.2) is 0 Å². The summed E-state index contributed by atoms with van der Waals surface area (Å²) < 4.78 is 1.10. The summed E-state index contributed by atoms with van der Waals surface area (Å²) in [7, 11) is 4.57. The van der Waals surface area contributed by atoms with Crippen LogP contribution in [0.1, 0.15) is 52.4 Å². The molecule has 0 heterocycles. The van der Waals surface area contributed by atoms with Crippen LogP contribution in [0.25, 0.3) is 0 Å². The number of nitrogens with zero attached hydrogens (tertiary/aromatic N) is 1. The molecule has 16 heavy (non-hydrogen) atoms. The van der Waals surface area contributed by atoms with E-state index in [0.717, 1.165) is 4.48 Å². The predicted octanol–water partition coefficient (Wildman–Crippen LogP) is 1.00. The van der Waals surface area contributed by atoms with E-state index in [1.54, 1.807) is 0 Å². The number of quaternary nitrogens is 1. The van der Waals surface area contributed by atoms with E-state index in [-0.39, 0.29) is 12.4 Å². The number of likely N-dealkylation sites (N-methyl/N-ethyl adjacent to an activating group) is 1. The van der Waals surface area contributed by atoms with Crippen LogP contribution in [0.5, 0.6) is 0 Å². The molecule has 2 heteroatoms. The first-order chi connectivity index (χ1) is 7.12. The Kier molecular flexibility index (Phi) is 13.2. The van der Waals surface area contributed by atoms with Gasteiger partial charge in [-0.3, -0.25) is 0 Å². The van der Waals surface area contributed by atoms with E-state index in [4.69, 9.17) is 0 Å². The van der Waals surface area contributed by atoms with Crippen LogP contribution in [-0.4, -0.2) is 31.7 Å². The zero-order valence-corrected chi connectivity index (χ0v) is 12.4. The smallest absolute Gasteiger partial charge is 0.0969 e. The lowest BCUT2D eigenvalue weighted by atomic mass is 10.1. The standard InChI is InChI=1S/C14H30N.ClH/c1-5-7-8-9-10-11-12-13-14-15(3,4)6-2;/h12-13H,5-11,14H2,1-4H3;1H/q+1;/p-1. The lowest BCUT2D eigenvalue weighted by Gasteiger charge is -2.26. The van der Waals surface area contributed by atoms with Crippen molar-refractivity contribution in [2.45, 2.75) is 52.4 Å². The van der Waals surface area contributed by atoms with Gasteiger partial charge in [0.25, 0.3) is 0 Å². The van der Waals surface area contributed by atoms with Crippen LogP contribution in [0.4, 0.5) is 0 Å². The maximum Gasteiger partial charge on any atom is 0.0969 e. The molecule has 0 fully saturated rings. The zero-order chi connectivity index (χ0) is 11.6. The van der Waals surface area contributed by atoms with Crippen molar-refractivity contribution in [3.63, 3.8) is 0 Å². The third-order valence-electron chi connectivity index (χ3n) is 3.10. The van der Waals surface area contributed by atoms with Crippen LogP contribution in [0.3, 0.4) is 0 Å². The molecule has 0 aromatic heterocycles. The third-order valence-corrected chi connectivity index (χ3v) is 3.10. The molecule has 0 radical (unpaired) electrons. The highest BCUT2D eigenvalue weighted by Crippen LogP contribution is 2.05. The zero-order valence-electron chi connectivity index (χ0n) is 11.6. The van der Waals surface area contributed by atoms with Crippen molar-refractivity contribution in [2.75, 3.05) is 27.2 Å². The Morgan fingerprint density at radius 2 is 1.50 bits per heavy atom. The lowest BCUT2D eigenvalue weighted by Crippen LogP contribution is -3.00. The normalized spacial score (nSPS) is 11.8. The van der Waals surface area contributed by atoms with Gasteiger partial charge in [0.15, 0.2) is 0 Å².